The summed E-state index contributed by atoms with van der Waals surface area (Å²) in [7, 11) is 0. The van der Waals surface area contributed by atoms with Crippen LogP contribution in [0.1, 0.15) is 35.8 Å². The van der Waals surface area contributed by atoms with Gasteiger partial charge in [0.25, 0.3) is 5.56 Å². The van der Waals surface area contributed by atoms with Crippen molar-refractivity contribution in [2.24, 2.45) is 0 Å². The summed E-state index contributed by atoms with van der Waals surface area (Å²) in [5, 5.41) is 0.748. The Morgan fingerprint density at radius 2 is 2.07 bits per heavy atom. The number of carbonyl (C=O) groups is 1. The van der Waals surface area contributed by atoms with Crippen LogP contribution in [0.25, 0.3) is 10.2 Å². The Kier molecular flexibility index (Phi) is 5.31. The number of rotatable bonds is 5. The molecule has 0 saturated heterocycles. The van der Waals surface area contributed by atoms with Crippen molar-refractivity contribution >= 4 is 39.3 Å². The van der Waals surface area contributed by atoms with Crippen molar-refractivity contribution < 1.29 is 9.53 Å². The second-order valence-corrected chi connectivity index (χ2v) is 9.03. The molecular formula is C20H20N2O3S2. The van der Waals surface area contributed by atoms with Crippen molar-refractivity contribution in [2.45, 2.75) is 49.6 Å². The fraction of sp³-hybridized carbons (Fsp3) is 0.350. The second kappa shape index (κ2) is 7.86. The van der Waals surface area contributed by atoms with Gasteiger partial charge in [-0.1, -0.05) is 42.1 Å². The lowest BCUT2D eigenvalue weighted by Crippen LogP contribution is -2.18. The maximum absolute atomic E-state index is 12.6. The average Bonchev–Trinajstić information content (AvgIpc) is 3.05. The molecule has 0 fully saturated rings. The highest BCUT2D eigenvalue weighted by molar-refractivity contribution is 8.00. The molecule has 5 nitrogen and oxygen atoms in total. The Bertz CT molecular complexity index is 1030. The maximum Gasteiger partial charge on any atom is 0.319 e. The number of H-pyrrole nitrogens is 1. The van der Waals surface area contributed by atoms with Gasteiger partial charge >= 0.3 is 5.97 Å². The molecule has 0 saturated carbocycles. The van der Waals surface area contributed by atoms with Gasteiger partial charge < -0.3 is 9.72 Å². The zero-order valence-electron chi connectivity index (χ0n) is 15.0. The number of aromatic amines is 1. The molecule has 7 heteroatoms. The van der Waals surface area contributed by atoms with E-state index in [0.29, 0.717) is 5.16 Å². The molecule has 1 aromatic carbocycles. The number of nitrogens with one attached hydrogen (secondary N) is 1. The molecule has 1 atom stereocenters. The van der Waals surface area contributed by atoms with E-state index < -0.39 is 5.25 Å². The van der Waals surface area contributed by atoms with Crippen LogP contribution in [-0.2, 0) is 29.0 Å². The van der Waals surface area contributed by atoms with E-state index in [9.17, 15) is 9.59 Å². The number of hydrogen-bond acceptors (Lipinski definition) is 6. The summed E-state index contributed by atoms with van der Waals surface area (Å²) in [6.45, 7) is 2.01. The summed E-state index contributed by atoms with van der Waals surface area (Å²) in [6, 6.07) is 9.56. The van der Waals surface area contributed by atoms with E-state index in [1.165, 1.54) is 28.6 Å². The first-order valence-electron chi connectivity index (χ1n) is 9.03. The first kappa shape index (κ1) is 18.3. The van der Waals surface area contributed by atoms with Crippen molar-refractivity contribution in [1.82, 2.24) is 9.97 Å². The molecule has 0 spiro atoms. The number of aryl methyl sites for hydroxylation is 2. The summed E-state index contributed by atoms with van der Waals surface area (Å²) < 4.78 is 5.37. The van der Waals surface area contributed by atoms with Gasteiger partial charge in [0.05, 0.1) is 5.39 Å². The number of fused-ring (bicyclic) bond motifs is 3. The Morgan fingerprint density at radius 3 is 2.89 bits per heavy atom. The minimum absolute atomic E-state index is 0.105. The third kappa shape index (κ3) is 3.94. The Hall–Kier alpha value is -2.12. The van der Waals surface area contributed by atoms with Crippen molar-refractivity contribution in [1.29, 1.82) is 0 Å². The van der Waals surface area contributed by atoms with Gasteiger partial charge in [0.15, 0.2) is 5.16 Å². The molecule has 1 aliphatic rings. The lowest BCUT2D eigenvalue weighted by molar-refractivity contribution is -0.143. The van der Waals surface area contributed by atoms with Gasteiger partial charge in [-0.05, 0) is 43.7 Å². The first-order valence-corrected chi connectivity index (χ1v) is 10.7. The van der Waals surface area contributed by atoms with Crippen LogP contribution in [0, 0.1) is 0 Å². The average molecular weight is 401 g/mol. The number of benzene rings is 1. The SMILES string of the molecule is CC(Sc1nc2sc3c(c2c(=O)[nH]1)CCCC3)C(=O)OCc1ccccc1. The van der Waals surface area contributed by atoms with Crippen LogP contribution in [-0.4, -0.2) is 21.2 Å². The molecule has 2 aromatic heterocycles. The zero-order valence-corrected chi connectivity index (χ0v) is 16.6. The van der Waals surface area contributed by atoms with E-state index in [1.54, 1.807) is 18.3 Å². The highest BCUT2D eigenvalue weighted by atomic mass is 32.2. The predicted octanol–water partition coefficient (Wildman–Crippen LogP) is 4.09. The number of nitrogens with zero attached hydrogens (tertiary/aromatic N) is 1. The lowest BCUT2D eigenvalue weighted by Gasteiger charge is -2.11. The molecule has 1 N–H and O–H groups in total. The van der Waals surface area contributed by atoms with Gasteiger partial charge in [-0.2, -0.15) is 0 Å². The number of hydrogen-bond donors (Lipinski definition) is 1. The molecule has 2 heterocycles. The number of ether oxygens (including phenoxy) is 1. The molecule has 27 heavy (non-hydrogen) atoms. The molecule has 0 amide bonds. The van der Waals surface area contributed by atoms with Crippen LogP contribution < -0.4 is 5.56 Å². The quantitative estimate of drug-likeness (QED) is 0.397. The summed E-state index contributed by atoms with van der Waals surface area (Å²) >= 11 is 2.84. The highest BCUT2D eigenvalue weighted by Crippen LogP contribution is 2.34. The number of carbonyl (C=O) groups excluding carboxylic acids is 1. The van der Waals surface area contributed by atoms with Gasteiger partial charge in [0, 0.05) is 4.88 Å². The van der Waals surface area contributed by atoms with Gasteiger partial charge in [0.2, 0.25) is 0 Å². The van der Waals surface area contributed by atoms with E-state index in [0.717, 1.165) is 35.0 Å². The van der Waals surface area contributed by atoms with Crippen molar-refractivity contribution in [3.05, 3.63) is 56.7 Å². The fourth-order valence-electron chi connectivity index (χ4n) is 3.26. The Labute approximate surface area is 165 Å². The van der Waals surface area contributed by atoms with E-state index in [1.807, 2.05) is 30.3 Å². The number of thioether (sulfide) groups is 1. The van der Waals surface area contributed by atoms with Crippen molar-refractivity contribution in [2.75, 3.05) is 0 Å². The predicted molar refractivity (Wildman–Crippen MR) is 108 cm³/mol. The van der Waals surface area contributed by atoms with E-state index >= 15 is 0 Å². The number of thiophene rings is 1. The summed E-state index contributed by atoms with van der Waals surface area (Å²) in [4.78, 5) is 34.3. The minimum atomic E-state index is -0.455. The molecule has 1 aliphatic carbocycles. The van der Waals surface area contributed by atoms with Crippen molar-refractivity contribution in [3.8, 4) is 0 Å². The highest BCUT2D eigenvalue weighted by Gasteiger charge is 2.22. The topological polar surface area (TPSA) is 72.0 Å². The third-order valence-corrected chi connectivity index (χ3v) is 6.80. The zero-order chi connectivity index (χ0) is 18.8. The second-order valence-electron chi connectivity index (χ2n) is 6.62. The molecule has 0 radical (unpaired) electrons. The third-order valence-electron chi connectivity index (χ3n) is 4.65. The van der Waals surface area contributed by atoms with Gasteiger partial charge in [-0.3, -0.25) is 9.59 Å². The summed E-state index contributed by atoms with van der Waals surface area (Å²) in [5.74, 6) is -0.322. The maximum atomic E-state index is 12.6. The minimum Gasteiger partial charge on any atom is -0.460 e. The number of aromatic nitrogens is 2. The molecule has 1 unspecified atom stereocenters. The van der Waals surface area contributed by atoms with Crippen LogP contribution in [0.5, 0.6) is 0 Å². The van der Waals surface area contributed by atoms with Crippen LogP contribution >= 0.6 is 23.1 Å². The largest absolute Gasteiger partial charge is 0.460 e. The molecule has 140 valence electrons. The Morgan fingerprint density at radius 1 is 1.30 bits per heavy atom. The van der Waals surface area contributed by atoms with Gasteiger partial charge in [0.1, 0.15) is 16.7 Å². The molecule has 0 aliphatic heterocycles. The lowest BCUT2D eigenvalue weighted by atomic mass is 9.97. The standard InChI is InChI=1S/C20H20N2O3S2/c1-12(19(24)25-11-13-7-3-2-4-8-13)26-20-21-17(23)16-14-9-5-6-10-15(14)27-18(16)22-20/h2-4,7-8,12H,5-6,9-11H2,1H3,(H,21,22,23). The molecule has 0 bridgehead atoms. The molecule has 3 aromatic rings. The normalized spacial score (nSPS) is 14.7. The summed E-state index contributed by atoms with van der Waals surface area (Å²) in [6.07, 6.45) is 4.28. The fourth-order valence-corrected chi connectivity index (χ4v) is 5.38. The van der Waals surface area contributed by atoms with Gasteiger partial charge in [-0.25, -0.2) is 4.98 Å². The van der Waals surface area contributed by atoms with E-state index in [-0.39, 0.29) is 18.1 Å². The monoisotopic (exact) mass is 400 g/mol. The number of esters is 1. The smallest absolute Gasteiger partial charge is 0.319 e. The van der Waals surface area contributed by atoms with E-state index in [4.69, 9.17) is 4.74 Å². The van der Waals surface area contributed by atoms with Crippen molar-refractivity contribution in [3.63, 3.8) is 0 Å². The molecule has 4 rings (SSSR count). The van der Waals surface area contributed by atoms with Crippen LogP contribution in [0.3, 0.4) is 0 Å². The van der Waals surface area contributed by atoms with Crippen LogP contribution in [0.2, 0.25) is 0 Å². The van der Waals surface area contributed by atoms with Gasteiger partial charge in [-0.15, -0.1) is 11.3 Å². The first-order chi connectivity index (χ1) is 13.1. The molecular weight excluding hydrogens is 380 g/mol. The van der Waals surface area contributed by atoms with Crippen LogP contribution in [0.15, 0.2) is 40.3 Å². The van der Waals surface area contributed by atoms with Crippen LogP contribution in [0.4, 0.5) is 0 Å². The summed E-state index contributed by atoms with van der Waals surface area (Å²) in [5.41, 5.74) is 2.01. The Balaban J connectivity index is 1.47. The van der Waals surface area contributed by atoms with E-state index in [2.05, 4.69) is 9.97 Å².